The van der Waals surface area contributed by atoms with Gasteiger partial charge in [0.05, 0.1) is 0 Å². The van der Waals surface area contributed by atoms with Crippen molar-refractivity contribution in [1.29, 1.82) is 0 Å². The second kappa shape index (κ2) is 9.78. The van der Waals surface area contributed by atoms with E-state index in [1.807, 2.05) is 0 Å². The molecule has 2 nitrogen and oxygen atoms in total. The maximum absolute atomic E-state index is 3.52. The molecule has 2 atom stereocenters. The quantitative estimate of drug-likeness (QED) is 0.647. The zero-order chi connectivity index (χ0) is 15.0. The molecule has 0 radical (unpaired) electrons. The Labute approximate surface area is 127 Å². The first-order valence-corrected chi connectivity index (χ1v) is 8.92. The van der Waals surface area contributed by atoms with Crippen LogP contribution in [0.25, 0.3) is 0 Å². The van der Waals surface area contributed by atoms with Gasteiger partial charge < -0.3 is 10.2 Å². The van der Waals surface area contributed by atoms with Gasteiger partial charge in [0.15, 0.2) is 0 Å². The second-order valence-electron chi connectivity index (χ2n) is 7.58. The average molecular weight is 283 g/mol. The third kappa shape index (κ3) is 7.08. The Morgan fingerprint density at radius 3 is 2.05 bits per heavy atom. The van der Waals surface area contributed by atoms with Crippen molar-refractivity contribution in [2.45, 2.75) is 72.3 Å². The summed E-state index contributed by atoms with van der Waals surface area (Å²) in [7, 11) is 2.14. The number of nitrogens with one attached hydrogen (secondary N) is 1. The van der Waals surface area contributed by atoms with Crippen molar-refractivity contribution < 1.29 is 0 Å². The van der Waals surface area contributed by atoms with Gasteiger partial charge >= 0.3 is 0 Å². The molecule has 0 aromatic heterocycles. The first kappa shape index (κ1) is 18.0. The minimum Gasteiger partial charge on any atom is -0.317 e. The molecule has 0 aromatic rings. The summed E-state index contributed by atoms with van der Waals surface area (Å²) in [6.07, 6.45) is 8.33. The van der Waals surface area contributed by atoms with E-state index in [-0.39, 0.29) is 0 Å². The lowest BCUT2D eigenvalue weighted by atomic mass is 9.99. The molecular formula is C18H38N2. The molecule has 1 rings (SSSR count). The Morgan fingerprint density at radius 1 is 0.950 bits per heavy atom. The molecule has 0 aromatic carbocycles. The molecule has 1 aliphatic rings. The van der Waals surface area contributed by atoms with Crippen LogP contribution in [0.1, 0.15) is 66.2 Å². The highest BCUT2D eigenvalue weighted by Crippen LogP contribution is 2.28. The Balaban J connectivity index is 2.34. The highest BCUT2D eigenvalue weighted by Gasteiger charge is 2.25. The van der Waals surface area contributed by atoms with Gasteiger partial charge in [0.1, 0.15) is 0 Å². The van der Waals surface area contributed by atoms with E-state index in [1.54, 1.807) is 0 Å². The zero-order valence-corrected chi connectivity index (χ0v) is 14.6. The molecule has 2 unspecified atom stereocenters. The van der Waals surface area contributed by atoms with E-state index < -0.39 is 0 Å². The van der Waals surface area contributed by atoms with Gasteiger partial charge in [-0.25, -0.2) is 0 Å². The summed E-state index contributed by atoms with van der Waals surface area (Å²) < 4.78 is 0. The van der Waals surface area contributed by atoms with Gasteiger partial charge in [0.2, 0.25) is 0 Å². The summed E-state index contributed by atoms with van der Waals surface area (Å²) in [5, 5.41) is 3.52. The molecule has 1 aliphatic carbocycles. The fourth-order valence-electron chi connectivity index (χ4n) is 3.33. The first-order valence-electron chi connectivity index (χ1n) is 8.92. The second-order valence-corrected chi connectivity index (χ2v) is 7.58. The first-order chi connectivity index (χ1) is 9.52. The fraction of sp³-hybridized carbons (Fsp3) is 1.00. The van der Waals surface area contributed by atoms with E-state index in [1.165, 1.54) is 58.2 Å². The smallest absolute Gasteiger partial charge is 0.00928 e. The molecule has 1 saturated carbocycles. The van der Waals surface area contributed by atoms with Crippen LogP contribution in [0, 0.1) is 17.8 Å². The summed E-state index contributed by atoms with van der Waals surface area (Å²) in [6.45, 7) is 13.3. The molecule has 0 spiro atoms. The van der Waals surface area contributed by atoms with E-state index >= 15 is 0 Å². The van der Waals surface area contributed by atoms with Crippen molar-refractivity contribution in [3.05, 3.63) is 0 Å². The lowest BCUT2D eigenvalue weighted by Crippen LogP contribution is -2.34. The van der Waals surface area contributed by atoms with Crippen LogP contribution >= 0.6 is 0 Å². The molecule has 2 heteroatoms. The van der Waals surface area contributed by atoms with Gasteiger partial charge in [0, 0.05) is 6.04 Å². The average Bonchev–Trinajstić information content (AvgIpc) is 2.84. The van der Waals surface area contributed by atoms with Crippen LogP contribution in [0.5, 0.6) is 0 Å². The maximum Gasteiger partial charge on any atom is 0.00928 e. The maximum atomic E-state index is 3.52. The summed E-state index contributed by atoms with van der Waals surface area (Å²) >= 11 is 0. The van der Waals surface area contributed by atoms with Crippen LogP contribution in [-0.2, 0) is 0 Å². The molecule has 0 aliphatic heterocycles. The van der Waals surface area contributed by atoms with Gasteiger partial charge in [0.25, 0.3) is 0 Å². The SMILES string of the molecule is CNC1CCCC1CCN(CCC(C)C)CCC(C)C. The van der Waals surface area contributed by atoms with Gasteiger partial charge in [-0.05, 0) is 76.5 Å². The highest BCUT2D eigenvalue weighted by atomic mass is 15.1. The minimum atomic E-state index is 0.784. The molecule has 0 bridgehead atoms. The van der Waals surface area contributed by atoms with Crippen molar-refractivity contribution in [1.82, 2.24) is 10.2 Å². The van der Waals surface area contributed by atoms with Crippen LogP contribution in [0.15, 0.2) is 0 Å². The number of rotatable bonds is 10. The predicted molar refractivity (Wildman–Crippen MR) is 90.2 cm³/mol. The van der Waals surface area contributed by atoms with Crippen molar-refractivity contribution >= 4 is 0 Å². The van der Waals surface area contributed by atoms with Crippen LogP contribution in [0.3, 0.4) is 0 Å². The minimum absolute atomic E-state index is 0.784. The Kier molecular flexibility index (Phi) is 8.79. The van der Waals surface area contributed by atoms with Crippen LogP contribution in [0.2, 0.25) is 0 Å². The third-order valence-electron chi connectivity index (χ3n) is 4.89. The Hall–Kier alpha value is -0.0800. The molecule has 0 heterocycles. The largest absolute Gasteiger partial charge is 0.317 e. The zero-order valence-electron chi connectivity index (χ0n) is 14.6. The third-order valence-corrected chi connectivity index (χ3v) is 4.89. The number of hydrogen-bond donors (Lipinski definition) is 1. The molecule has 120 valence electrons. The van der Waals surface area contributed by atoms with E-state index in [4.69, 9.17) is 0 Å². The van der Waals surface area contributed by atoms with Crippen molar-refractivity contribution in [3.8, 4) is 0 Å². The van der Waals surface area contributed by atoms with Gasteiger partial charge in [-0.3, -0.25) is 0 Å². The van der Waals surface area contributed by atoms with Crippen molar-refractivity contribution in [3.63, 3.8) is 0 Å². The summed E-state index contributed by atoms with van der Waals surface area (Å²) in [6, 6.07) is 0.784. The van der Waals surface area contributed by atoms with Crippen LogP contribution in [-0.4, -0.2) is 37.6 Å². The monoisotopic (exact) mass is 282 g/mol. The number of hydrogen-bond acceptors (Lipinski definition) is 2. The Bertz CT molecular complexity index is 226. The topological polar surface area (TPSA) is 15.3 Å². The summed E-state index contributed by atoms with van der Waals surface area (Å²) in [5.41, 5.74) is 0. The Morgan fingerprint density at radius 2 is 1.55 bits per heavy atom. The molecular weight excluding hydrogens is 244 g/mol. The summed E-state index contributed by atoms with van der Waals surface area (Å²) in [4.78, 5) is 2.73. The highest BCUT2D eigenvalue weighted by molar-refractivity contribution is 4.82. The molecule has 0 saturated heterocycles. The molecule has 0 amide bonds. The van der Waals surface area contributed by atoms with Gasteiger partial charge in [-0.15, -0.1) is 0 Å². The molecule has 20 heavy (non-hydrogen) atoms. The van der Waals surface area contributed by atoms with Crippen LogP contribution in [0.4, 0.5) is 0 Å². The standard InChI is InChI=1S/C18H38N2/c1-15(2)9-12-20(13-10-16(3)4)14-11-17-7-6-8-18(17)19-5/h15-19H,6-14H2,1-5H3. The van der Waals surface area contributed by atoms with E-state index in [2.05, 4.69) is 45.0 Å². The lowest BCUT2D eigenvalue weighted by molar-refractivity contribution is 0.220. The number of nitrogens with zero attached hydrogens (tertiary/aromatic N) is 1. The lowest BCUT2D eigenvalue weighted by Gasteiger charge is -2.27. The van der Waals surface area contributed by atoms with E-state index in [0.29, 0.717) is 0 Å². The van der Waals surface area contributed by atoms with Gasteiger partial charge in [-0.2, -0.15) is 0 Å². The molecule has 1 N–H and O–H groups in total. The fourth-order valence-corrected chi connectivity index (χ4v) is 3.33. The van der Waals surface area contributed by atoms with Crippen molar-refractivity contribution in [2.75, 3.05) is 26.7 Å². The van der Waals surface area contributed by atoms with Gasteiger partial charge in [-0.1, -0.05) is 34.1 Å². The normalized spacial score (nSPS) is 23.4. The van der Waals surface area contributed by atoms with E-state index in [0.717, 1.165) is 23.8 Å². The van der Waals surface area contributed by atoms with E-state index in [9.17, 15) is 0 Å². The molecule has 1 fully saturated rings. The predicted octanol–water partition coefficient (Wildman–Crippen LogP) is 4.16. The summed E-state index contributed by atoms with van der Waals surface area (Å²) in [5.74, 6) is 2.57. The van der Waals surface area contributed by atoms with Crippen LogP contribution < -0.4 is 5.32 Å². The van der Waals surface area contributed by atoms with Crippen molar-refractivity contribution in [2.24, 2.45) is 17.8 Å².